The molecular weight excluding hydrogens is 581 g/mol. The second-order valence-electron chi connectivity index (χ2n) is 10.1. The van der Waals surface area contributed by atoms with E-state index in [2.05, 4.69) is 30.6 Å². The Hall–Kier alpha value is -4.84. The quantitative estimate of drug-likeness (QED) is 0.284. The van der Waals surface area contributed by atoms with Crippen molar-refractivity contribution in [3.05, 3.63) is 105 Å². The van der Waals surface area contributed by atoms with Crippen LogP contribution in [-0.2, 0) is 12.7 Å². The first-order valence-electron chi connectivity index (χ1n) is 13.3. The molecule has 0 radical (unpaired) electrons. The predicted octanol–water partition coefficient (Wildman–Crippen LogP) is 4.89. The van der Waals surface area contributed by atoms with Gasteiger partial charge in [0.1, 0.15) is 30.3 Å². The molecule has 0 fully saturated rings. The highest BCUT2D eigenvalue weighted by molar-refractivity contribution is 6.33. The number of halogens is 4. The van der Waals surface area contributed by atoms with Crippen LogP contribution in [0.1, 0.15) is 35.2 Å². The number of nitrogens with one attached hydrogen (secondary N) is 2. The highest BCUT2D eigenvalue weighted by atomic mass is 35.5. The van der Waals surface area contributed by atoms with Crippen LogP contribution in [0.3, 0.4) is 0 Å². The molecule has 220 valence electrons. The maximum Gasteiger partial charge on any atom is 0.418 e. The number of aromatic nitrogens is 3. The van der Waals surface area contributed by atoms with E-state index < -0.39 is 11.7 Å². The van der Waals surface area contributed by atoms with Gasteiger partial charge >= 0.3 is 6.18 Å². The highest BCUT2D eigenvalue weighted by Gasteiger charge is 2.38. The van der Waals surface area contributed by atoms with Crippen LogP contribution < -0.4 is 31.7 Å². The van der Waals surface area contributed by atoms with Gasteiger partial charge in [0.05, 0.1) is 38.6 Å². The van der Waals surface area contributed by atoms with Crippen molar-refractivity contribution >= 4 is 28.9 Å². The van der Waals surface area contributed by atoms with E-state index in [-0.39, 0.29) is 46.1 Å². The third-order valence-corrected chi connectivity index (χ3v) is 7.63. The molecule has 1 atom stereocenters. The van der Waals surface area contributed by atoms with Gasteiger partial charge in [-0.25, -0.2) is 4.98 Å². The second kappa shape index (κ2) is 11.1. The Balaban J connectivity index is 1.42. The predicted molar refractivity (Wildman–Crippen MR) is 157 cm³/mol. The molecule has 2 aliphatic rings. The zero-order chi connectivity index (χ0) is 30.3. The number of nitrogens with zero attached hydrogens (tertiary/aromatic N) is 5. The average Bonchev–Trinajstić information content (AvgIpc) is 3.17. The van der Waals surface area contributed by atoms with Gasteiger partial charge in [-0.05, 0) is 54.8 Å². The van der Waals surface area contributed by atoms with Crippen LogP contribution in [0.25, 0.3) is 17.1 Å². The number of anilines is 2. The molecule has 0 amide bonds. The lowest BCUT2D eigenvalue weighted by Crippen LogP contribution is -2.44. The number of hydrogen-bond donors (Lipinski definition) is 3. The molecule has 0 saturated heterocycles. The number of ether oxygens (including phenoxy) is 1. The molecule has 1 unspecified atom stereocenters. The zero-order valence-electron chi connectivity index (χ0n) is 23.1. The van der Waals surface area contributed by atoms with Gasteiger partial charge in [-0.2, -0.15) is 13.2 Å². The van der Waals surface area contributed by atoms with Crippen LogP contribution in [0.15, 0.2) is 72.6 Å². The molecule has 6 rings (SSSR count). The van der Waals surface area contributed by atoms with Crippen molar-refractivity contribution in [2.45, 2.75) is 32.6 Å². The summed E-state index contributed by atoms with van der Waals surface area (Å²) in [5.41, 5.74) is 7.30. The molecule has 9 nitrogen and oxygen atoms in total. The summed E-state index contributed by atoms with van der Waals surface area (Å²) in [5.74, 6) is 0.847. The smallest absolute Gasteiger partial charge is 0.418 e. The zero-order valence-corrected chi connectivity index (χ0v) is 23.8. The van der Waals surface area contributed by atoms with E-state index in [9.17, 15) is 13.2 Å². The Labute approximate surface area is 249 Å². The third kappa shape index (κ3) is 5.41. The number of pyridine rings is 3. The highest BCUT2D eigenvalue weighted by Crippen LogP contribution is 2.41. The van der Waals surface area contributed by atoms with Gasteiger partial charge in [0, 0.05) is 43.1 Å². The summed E-state index contributed by atoms with van der Waals surface area (Å²) in [7, 11) is 0. The fourth-order valence-corrected chi connectivity index (χ4v) is 5.53. The molecule has 13 heteroatoms. The van der Waals surface area contributed by atoms with E-state index >= 15 is 0 Å². The lowest BCUT2D eigenvalue weighted by Gasteiger charge is -2.31. The molecule has 5 heterocycles. The van der Waals surface area contributed by atoms with Gasteiger partial charge in [-0.15, -0.1) is 0 Å². The maximum absolute atomic E-state index is 14.2. The largest absolute Gasteiger partial charge is 0.463 e. The Morgan fingerprint density at radius 2 is 2.02 bits per heavy atom. The molecule has 2 aliphatic heterocycles. The van der Waals surface area contributed by atoms with Crippen molar-refractivity contribution < 1.29 is 17.9 Å². The fraction of sp³-hybridized carbons (Fsp3) is 0.200. The van der Waals surface area contributed by atoms with Crippen LogP contribution in [0.2, 0.25) is 5.02 Å². The summed E-state index contributed by atoms with van der Waals surface area (Å²) in [6.07, 6.45) is 5.57. The normalized spacial score (nSPS) is 14.7. The first-order valence-corrected chi connectivity index (χ1v) is 13.7. The van der Waals surface area contributed by atoms with Crippen molar-refractivity contribution in [3.63, 3.8) is 0 Å². The van der Waals surface area contributed by atoms with Gasteiger partial charge < -0.3 is 26.0 Å². The molecule has 4 aromatic rings. The van der Waals surface area contributed by atoms with Crippen molar-refractivity contribution in [1.82, 2.24) is 25.2 Å². The standard InChI is InChI=1S/C30H26ClF3N8O/c1-16-8-23(35)41-27(25(16)30(32,33)34)21-10-22-24-28(26(21)31)39-15-40-29(24)42(6-7-43-22)17(2)19-9-20(14-37-13-19)38-12-18-4-3-5-36-11-18/h3-11,13-14,17,38,40H,12,15H2,1-2H3,(H2,35,41). The number of aryl methyl sites for hydroxylation is 1. The summed E-state index contributed by atoms with van der Waals surface area (Å²) < 4.78 is 48.4. The number of rotatable bonds is 6. The minimum absolute atomic E-state index is 0.0159. The fourth-order valence-electron chi connectivity index (χ4n) is 5.23. The number of nitrogens with two attached hydrogens (primary N) is 1. The topological polar surface area (TPSA) is 114 Å². The van der Waals surface area contributed by atoms with Crippen LogP contribution in [-0.4, -0.2) is 26.5 Å². The summed E-state index contributed by atoms with van der Waals surface area (Å²) in [6, 6.07) is 8.27. The molecule has 0 saturated carbocycles. The molecule has 3 aromatic heterocycles. The van der Waals surface area contributed by atoms with E-state index in [0.29, 0.717) is 22.9 Å². The molecule has 4 N–H and O–H groups in total. The Bertz CT molecular complexity index is 1860. The van der Waals surface area contributed by atoms with Gasteiger partial charge in [0.2, 0.25) is 0 Å². The van der Waals surface area contributed by atoms with Crippen LogP contribution >= 0.6 is 11.6 Å². The van der Waals surface area contributed by atoms with Gasteiger partial charge in [-0.3, -0.25) is 15.0 Å². The van der Waals surface area contributed by atoms with Crippen LogP contribution in [0.4, 0.5) is 24.7 Å². The molecule has 0 aliphatic carbocycles. The Morgan fingerprint density at radius 1 is 1.19 bits per heavy atom. The van der Waals surface area contributed by atoms with E-state index in [0.717, 1.165) is 16.8 Å². The average molecular weight is 607 g/mol. The minimum atomic E-state index is -4.69. The minimum Gasteiger partial charge on any atom is -0.463 e. The van der Waals surface area contributed by atoms with Gasteiger partial charge in [-0.1, -0.05) is 17.7 Å². The number of hydrogen-bond acceptors (Lipinski definition) is 9. The van der Waals surface area contributed by atoms with E-state index in [1.54, 1.807) is 31.0 Å². The number of benzene rings is 1. The summed E-state index contributed by atoms with van der Waals surface area (Å²) in [5, 5.41) is 7.49. The Kier molecular flexibility index (Phi) is 7.30. The summed E-state index contributed by atoms with van der Waals surface area (Å²) >= 11 is 6.81. The van der Waals surface area contributed by atoms with Crippen LogP contribution in [0.5, 0.6) is 5.75 Å². The van der Waals surface area contributed by atoms with Crippen molar-refractivity contribution in [2.24, 2.45) is 4.99 Å². The van der Waals surface area contributed by atoms with Crippen LogP contribution in [0, 0.1) is 6.92 Å². The lowest BCUT2D eigenvalue weighted by molar-refractivity contribution is -0.137. The molecular formula is C30H26ClF3N8O. The lowest BCUT2D eigenvalue weighted by atomic mass is 9.99. The molecule has 1 aromatic carbocycles. The second-order valence-corrected chi connectivity index (χ2v) is 10.5. The molecule has 0 spiro atoms. The van der Waals surface area contributed by atoms with Gasteiger partial charge in [0.25, 0.3) is 0 Å². The third-order valence-electron chi connectivity index (χ3n) is 7.25. The Morgan fingerprint density at radius 3 is 2.79 bits per heavy atom. The first kappa shape index (κ1) is 28.3. The molecule has 0 bridgehead atoms. The SMILES string of the molecule is Cc1cc(N)nc(-c2cc3c4c(c2Cl)=NCNC=4N(C(C)c2cncc(NCc4cccnc4)c2)C=CO3)c1C(F)(F)F. The van der Waals surface area contributed by atoms with E-state index in [1.165, 1.54) is 25.3 Å². The van der Waals surface area contributed by atoms with E-state index in [1.807, 2.05) is 30.0 Å². The summed E-state index contributed by atoms with van der Waals surface area (Å²) in [6.45, 7) is 4.06. The maximum atomic E-state index is 14.2. The monoisotopic (exact) mass is 606 g/mol. The van der Waals surface area contributed by atoms with Crippen molar-refractivity contribution in [1.29, 1.82) is 0 Å². The van der Waals surface area contributed by atoms with Crippen molar-refractivity contribution in [3.8, 4) is 17.0 Å². The first-order chi connectivity index (χ1) is 20.6. The van der Waals surface area contributed by atoms with Crippen molar-refractivity contribution in [2.75, 3.05) is 17.7 Å². The molecule has 43 heavy (non-hydrogen) atoms. The van der Waals surface area contributed by atoms with Gasteiger partial charge in [0.15, 0.2) is 0 Å². The van der Waals surface area contributed by atoms with E-state index in [4.69, 9.17) is 22.1 Å². The number of alkyl halides is 3. The number of nitrogen functional groups attached to an aromatic ring is 1. The summed E-state index contributed by atoms with van der Waals surface area (Å²) in [4.78, 5) is 19.1.